The summed E-state index contributed by atoms with van der Waals surface area (Å²) >= 11 is 0. The highest BCUT2D eigenvalue weighted by Crippen LogP contribution is 2.17. The minimum Gasteiger partial charge on any atom is -0.507 e. The molecular weight excluding hydrogens is 268 g/mol. The molecule has 1 heterocycles. The van der Waals surface area contributed by atoms with Gasteiger partial charge >= 0.3 is 6.09 Å². The van der Waals surface area contributed by atoms with Crippen molar-refractivity contribution in [2.75, 3.05) is 6.61 Å². The lowest BCUT2D eigenvalue weighted by atomic mass is 10.2. The maximum atomic E-state index is 11.2. The molecule has 0 unspecified atom stereocenters. The quantitative estimate of drug-likeness (QED) is 0.942. The van der Waals surface area contributed by atoms with E-state index in [4.69, 9.17) is 4.74 Å². The summed E-state index contributed by atoms with van der Waals surface area (Å²) in [6.45, 7) is 2.04. The number of phenolic OH excluding ortho intramolecular Hbond substituents is 1. The molecule has 108 valence electrons. The lowest BCUT2D eigenvalue weighted by molar-refractivity contribution is 0.162. The smallest absolute Gasteiger partial charge is 0.434 e. The van der Waals surface area contributed by atoms with Crippen molar-refractivity contribution in [2.45, 2.75) is 6.92 Å². The van der Waals surface area contributed by atoms with Gasteiger partial charge in [-0.2, -0.15) is 4.99 Å². The summed E-state index contributed by atoms with van der Waals surface area (Å²) in [5.41, 5.74) is 0.727. The van der Waals surface area contributed by atoms with Gasteiger partial charge in [-0.25, -0.2) is 4.79 Å². The van der Waals surface area contributed by atoms with Gasteiger partial charge in [-0.05, 0) is 31.2 Å². The first-order valence-corrected chi connectivity index (χ1v) is 6.54. The van der Waals surface area contributed by atoms with Gasteiger partial charge in [0.15, 0.2) is 0 Å². The standard InChI is InChI=1S/C16H16N2O3/c1-2-21-16(20)17-14-8-11-18(12-9-14)10-7-13-5-3-4-6-15(13)19/h3-12,19H,2H2,1H3/b10-7+. The lowest BCUT2D eigenvalue weighted by Crippen LogP contribution is -2.08. The maximum absolute atomic E-state index is 11.2. The molecule has 0 atom stereocenters. The maximum Gasteiger partial charge on any atom is 0.434 e. The molecular formula is C16H16N2O3. The van der Waals surface area contributed by atoms with E-state index in [1.54, 1.807) is 60.4 Å². The number of rotatable bonds is 3. The molecule has 0 radical (unpaired) electrons. The van der Waals surface area contributed by atoms with Crippen molar-refractivity contribution >= 4 is 18.4 Å². The Labute approximate surface area is 122 Å². The van der Waals surface area contributed by atoms with Crippen LogP contribution in [0.2, 0.25) is 0 Å². The Morgan fingerprint density at radius 3 is 2.67 bits per heavy atom. The third kappa shape index (κ3) is 4.35. The van der Waals surface area contributed by atoms with Gasteiger partial charge in [-0.3, -0.25) is 0 Å². The Morgan fingerprint density at radius 1 is 1.29 bits per heavy atom. The Morgan fingerprint density at radius 2 is 2.00 bits per heavy atom. The first kappa shape index (κ1) is 14.6. The minimum atomic E-state index is -0.597. The molecule has 0 saturated carbocycles. The zero-order valence-electron chi connectivity index (χ0n) is 11.6. The van der Waals surface area contributed by atoms with E-state index >= 15 is 0 Å². The van der Waals surface area contributed by atoms with E-state index in [1.165, 1.54) is 0 Å². The second kappa shape index (κ2) is 7.09. The number of carbonyl (C=O) groups excluding carboxylic acids is 1. The number of carbonyl (C=O) groups is 1. The van der Waals surface area contributed by atoms with E-state index in [1.807, 2.05) is 12.1 Å². The van der Waals surface area contributed by atoms with Gasteiger partial charge in [0.05, 0.1) is 12.0 Å². The second-order valence-corrected chi connectivity index (χ2v) is 4.19. The number of aromatic nitrogens is 1. The molecule has 1 aromatic heterocycles. The van der Waals surface area contributed by atoms with E-state index in [0.717, 1.165) is 5.56 Å². The number of hydrogen-bond donors (Lipinski definition) is 1. The highest BCUT2D eigenvalue weighted by atomic mass is 16.5. The molecule has 0 spiro atoms. The highest BCUT2D eigenvalue weighted by molar-refractivity contribution is 5.68. The largest absolute Gasteiger partial charge is 0.507 e. The van der Waals surface area contributed by atoms with Crippen LogP contribution in [-0.4, -0.2) is 22.4 Å². The Kier molecular flexibility index (Phi) is 4.93. The van der Waals surface area contributed by atoms with Gasteiger partial charge < -0.3 is 14.4 Å². The topological polar surface area (TPSA) is 63.8 Å². The summed E-state index contributed by atoms with van der Waals surface area (Å²) in [6.07, 6.45) is 6.50. The molecule has 2 rings (SSSR count). The summed E-state index contributed by atoms with van der Waals surface area (Å²) in [5, 5.41) is 10.2. The fraction of sp³-hybridized carbons (Fsp3) is 0.125. The van der Waals surface area contributed by atoms with Crippen LogP contribution >= 0.6 is 0 Å². The van der Waals surface area contributed by atoms with Crippen molar-refractivity contribution in [3.63, 3.8) is 0 Å². The first-order valence-electron chi connectivity index (χ1n) is 6.54. The number of nitrogens with zero attached hydrogens (tertiary/aromatic N) is 2. The number of benzene rings is 1. The van der Waals surface area contributed by atoms with Crippen molar-refractivity contribution < 1.29 is 14.6 Å². The van der Waals surface area contributed by atoms with E-state index in [0.29, 0.717) is 12.0 Å². The molecule has 0 aliphatic rings. The van der Waals surface area contributed by atoms with Crippen LogP contribution in [0.3, 0.4) is 0 Å². The van der Waals surface area contributed by atoms with Gasteiger partial charge in [0, 0.05) is 24.2 Å². The monoisotopic (exact) mass is 284 g/mol. The van der Waals surface area contributed by atoms with E-state index in [-0.39, 0.29) is 5.75 Å². The predicted molar refractivity (Wildman–Crippen MR) is 80.3 cm³/mol. The number of aromatic hydroxyl groups is 1. The number of amides is 1. The van der Waals surface area contributed by atoms with Crippen LogP contribution in [0.15, 0.2) is 53.8 Å². The zero-order chi connectivity index (χ0) is 15.1. The van der Waals surface area contributed by atoms with Crippen LogP contribution in [-0.2, 0) is 4.74 Å². The normalized spacial score (nSPS) is 10.5. The minimum absolute atomic E-state index is 0.225. The van der Waals surface area contributed by atoms with Gasteiger partial charge in [-0.1, -0.05) is 18.2 Å². The van der Waals surface area contributed by atoms with Gasteiger partial charge in [0.25, 0.3) is 0 Å². The first-order chi connectivity index (χ1) is 10.2. The molecule has 2 aromatic rings. The molecule has 1 amide bonds. The molecule has 0 bridgehead atoms. The molecule has 0 aliphatic heterocycles. The summed E-state index contributed by atoms with van der Waals surface area (Å²) in [5.74, 6) is 0.225. The van der Waals surface area contributed by atoms with E-state index in [9.17, 15) is 9.90 Å². The number of phenols is 1. The van der Waals surface area contributed by atoms with E-state index in [2.05, 4.69) is 4.99 Å². The SMILES string of the molecule is CCOC(=O)N=c1ccn(/C=C/c2ccccc2O)cc1. The van der Waals surface area contributed by atoms with Gasteiger partial charge in [0.1, 0.15) is 5.75 Å². The summed E-state index contributed by atoms with van der Waals surface area (Å²) in [6, 6.07) is 10.5. The average Bonchev–Trinajstić information content (AvgIpc) is 2.48. The van der Waals surface area contributed by atoms with Crippen LogP contribution in [0.5, 0.6) is 5.75 Å². The molecule has 0 aliphatic carbocycles. The molecule has 5 heteroatoms. The van der Waals surface area contributed by atoms with Crippen LogP contribution in [0, 0.1) is 0 Å². The molecule has 0 fully saturated rings. The highest BCUT2D eigenvalue weighted by Gasteiger charge is 1.95. The third-order valence-corrected chi connectivity index (χ3v) is 2.69. The summed E-state index contributed by atoms with van der Waals surface area (Å²) < 4.78 is 6.53. The van der Waals surface area contributed by atoms with Crippen LogP contribution < -0.4 is 5.36 Å². The third-order valence-electron chi connectivity index (χ3n) is 2.69. The number of hydrogen-bond acceptors (Lipinski definition) is 3. The number of ether oxygens (including phenoxy) is 1. The fourth-order valence-corrected chi connectivity index (χ4v) is 1.66. The number of pyridine rings is 1. The average molecular weight is 284 g/mol. The van der Waals surface area contributed by atoms with Crippen molar-refractivity contribution in [1.29, 1.82) is 0 Å². The molecule has 1 aromatic carbocycles. The second-order valence-electron chi connectivity index (χ2n) is 4.19. The van der Waals surface area contributed by atoms with Crippen molar-refractivity contribution in [2.24, 2.45) is 4.99 Å². The lowest BCUT2D eigenvalue weighted by Gasteiger charge is -2.00. The van der Waals surface area contributed by atoms with Crippen LogP contribution in [0.4, 0.5) is 4.79 Å². The van der Waals surface area contributed by atoms with Gasteiger partial charge in [0.2, 0.25) is 0 Å². The summed E-state index contributed by atoms with van der Waals surface area (Å²) in [7, 11) is 0. The van der Waals surface area contributed by atoms with E-state index < -0.39 is 6.09 Å². The number of para-hydroxylation sites is 1. The molecule has 5 nitrogen and oxygen atoms in total. The van der Waals surface area contributed by atoms with Crippen LogP contribution in [0.25, 0.3) is 12.3 Å². The van der Waals surface area contributed by atoms with Crippen molar-refractivity contribution in [1.82, 2.24) is 4.57 Å². The van der Waals surface area contributed by atoms with Crippen molar-refractivity contribution in [3.05, 3.63) is 59.7 Å². The van der Waals surface area contributed by atoms with Gasteiger partial charge in [-0.15, -0.1) is 0 Å². The summed E-state index contributed by atoms with van der Waals surface area (Å²) in [4.78, 5) is 15.0. The zero-order valence-corrected chi connectivity index (χ0v) is 11.6. The predicted octanol–water partition coefficient (Wildman–Crippen LogP) is 2.88. The molecule has 0 saturated heterocycles. The molecule has 1 N–H and O–H groups in total. The van der Waals surface area contributed by atoms with Crippen molar-refractivity contribution in [3.8, 4) is 5.75 Å². The molecule has 21 heavy (non-hydrogen) atoms. The Balaban J connectivity index is 2.13. The Hall–Kier alpha value is -2.82. The Bertz CT molecular complexity index is 697. The fourth-order valence-electron chi connectivity index (χ4n) is 1.66. The van der Waals surface area contributed by atoms with Crippen LogP contribution in [0.1, 0.15) is 12.5 Å².